The Morgan fingerprint density at radius 3 is 1.88 bits per heavy atom. The van der Waals surface area contributed by atoms with Gasteiger partial charge in [-0.15, -0.1) is 0 Å². The summed E-state index contributed by atoms with van der Waals surface area (Å²) in [7, 11) is 0. The van der Waals surface area contributed by atoms with E-state index in [1.807, 2.05) is 0 Å². The predicted octanol–water partition coefficient (Wildman–Crippen LogP) is 7.24. The van der Waals surface area contributed by atoms with Crippen LogP contribution in [0.4, 0.5) is 4.79 Å². The van der Waals surface area contributed by atoms with Gasteiger partial charge in [0.05, 0.1) is 6.61 Å². The van der Waals surface area contributed by atoms with Crippen LogP contribution >= 0.6 is 0 Å². The molecule has 0 bridgehead atoms. The number of rotatable bonds is 18. The SMILES string of the molecule is CCCCCCCCOC(=O)NCCCCCCCCCCC(C)C. The third-order valence-corrected chi connectivity index (χ3v) is 4.71. The number of alkyl carbamates (subject to hydrolysis) is 1. The van der Waals surface area contributed by atoms with E-state index in [1.54, 1.807) is 0 Å². The first-order chi connectivity index (χ1) is 12.2. The molecule has 0 saturated carbocycles. The Labute approximate surface area is 157 Å². The molecule has 0 aromatic heterocycles. The minimum absolute atomic E-state index is 0.237. The van der Waals surface area contributed by atoms with Gasteiger partial charge in [0, 0.05) is 6.54 Å². The lowest BCUT2D eigenvalue weighted by Crippen LogP contribution is -2.25. The van der Waals surface area contributed by atoms with Crippen LogP contribution in [0.25, 0.3) is 0 Å². The molecule has 0 unspecified atom stereocenters. The fourth-order valence-electron chi connectivity index (χ4n) is 3.03. The number of nitrogens with one attached hydrogen (secondary N) is 1. The molecule has 0 spiro atoms. The molecular weight excluding hydrogens is 310 g/mol. The van der Waals surface area contributed by atoms with Crippen molar-refractivity contribution in [2.45, 2.75) is 117 Å². The van der Waals surface area contributed by atoms with Crippen molar-refractivity contribution in [1.82, 2.24) is 5.32 Å². The highest BCUT2D eigenvalue weighted by Gasteiger charge is 2.01. The van der Waals surface area contributed by atoms with E-state index in [0.717, 1.165) is 25.3 Å². The lowest BCUT2D eigenvalue weighted by molar-refractivity contribution is 0.143. The maximum atomic E-state index is 11.5. The molecule has 0 aromatic rings. The molecule has 0 rings (SSSR count). The first-order valence-electron chi connectivity index (χ1n) is 11.1. The van der Waals surface area contributed by atoms with Gasteiger partial charge in [0.2, 0.25) is 0 Å². The second-order valence-corrected chi connectivity index (χ2v) is 7.84. The number of carbonyl (C=O) groups excluding carboxylic acids is 1. The molecule has 0 aliphatic rings. The van der Waals surface area contributed by atoms with Crippen molar-refractivity contribution in [2.24, 2.45) is 5.92 Å². The van der Waals surface area contributed by atoms with E-state index in [1.165, 1.54) is 83.5 Å². The number of hydrogen-bond donors (Lipinski definition) is 1. The average molecular weight is 356 g/mol. The molecule has 0 radical (unpaired) electrons. The Balaban J connectivity index is 3.14. The number of hydrogen-bond acceptors (Lipinski definition) is 2. The molecule has 150 valence electrons. The van der Waals surface area contributed by atoms with Gasteiger partial charge >= 0.3 is 6.09 Å². The molecule has 0 fully saturated rings. The monoisotopic (exact) mass is 355 g/mol. The molecule has 0 heterocycles. The summed E-state index contributed by atoms with van der Waals surface area (Å²) in [6.45, 7) is 8.15. The van der Waals surface area contributed by atoms with Crippen LogP contribution in [0.1, 0.15) is 117 Å². The Morgan fingerprint density at radius 2 is 1.28 bits per heavy atom. The number of carbonyl (C=O) groups is 1. The number of amides is 1. The van der Waals surface area contributed by atoms with Gasteiger partial charge < -0.3 is 10.1 Å². The summed E-state index contributed by atoms with van der Waals surface area (Å²) >= 11 is 0. The van der Waals surface area contributed by atoms with E-state index in [9.17, 15) is 4.79 Å². The minimum atomic E-state index is -0.237. The zero-order valence-electron chi connectivity index (χ0n) is 17.4. The first-order valence-corrected chi connectivity index (χ1v) is 11.1. The van der Waals surface area contributed by atoms with Crippen LogP contribution in [0, 0.1) is 5.92 Å². The fraction of sp³-hybridized carbons (Fsp3) is 0.955. The summed E-state index contributed by atoms with van der Waals surface area (Å²) in [6.07, 6.45) is 18.9. The molecule has 0 atom stereocenters. The third-order valence-electron chi connectivity index (χ3n) is 4.71. The first kappa shape index (κ1) is 24.3. The largest absolute Gasteiger partial charge is 0.450 e. The van der Waals surface area contributed by atoms with Gasteiger partial charge in [-0.3, -0.25) is 0 Å². The van der Waals surface area contributed by atoms with Crippen LogP contribution in [0.2, 0.25) is 0 Å². The van der Waals surface area contributed by atoms with Crippen molar-refractivity contribution in [3.63, 3.8) is 0 Å². The molecule has 3 heteroatoms. The Morgan fingerprint density at radius 1 is 0.760 bits per heavy atom. The van der Waals surface area contributed by atoms with E-state index < -0.39 is 0 Å². The summed E-state index contributed by atoms with van der Waals surface area (Å²) in [6, 6.07) is 0. The van der Waals surface area contributed by atoms with Gasteiger partial charge in [-0.25, -0.2) is 4.79 Å². The molecule has 1 N–H and O–H groups in total. The van der Waals surface area contributed by atoms with Crippen molar-refractivity contribution in [2.75, 3.05) is 13.2 Å². The highest BCUT2D eigenvalue weighted by Crippen LogP contribution is 2.12. The van der Waals surface area contributed by atoms with E-state index in [2.05, 4.69) is 26.1 Å². The maximum Gasteiger partial charge on any atom is 0.407 e. The summed E-state index contributed by atoms with van der Waals surface area (Å²) < 4.78 is 5.20. The topological polar surface area (TPSA) is 38.3 Å². The van der Waals surface area contributed by atoms with Gasteiger partial charge in [-0.2, -0.15) is 0 Å². The third kappa shape index (κ3) is 21.2. The lowest BCUT2D eigenvalue weighted by atomic mass is 10.0. The normalized spacial score (nSPS) is 11.0. The summed E-state index contributed by atoms with van der Waals surface area (Å²) in [5.41, 5.74) is 0. The van der Waals surface area contributed by atoms with Gasteiger partial charge in [0.25, 0.3) is 0 Å². The summed E-state index contributed by atoms with van der Waals surface area (Å²) in [5.74, 6) is 0.852. The molecule has 25 heavy (non-hydrogen) atoms. The van der Waals surface area contributed by atoms with Gasteiger partial charge in [0.15, 0.2) is 0 Å². The maximum absolute atomic E-state index is 11.5. The second-order valence-electron chi connectivity index (χ2n) is 7.84. The molecule has 0 aromatic carbocycles. The number of unbranched alkanes of at least 4 members (excludes halogenated alkanes) is 12. The van der Waals surface area contributed by atoms with Gasteiger partial charge in [-0.05, 0) is 18.8 Å². The second kappa shape index (κ2) is 19.6. The van der Waals surface area contributed by atoms with E-state index >= 15 is 0 Å². The Hall–Kier alpha value is -0.730. The Bertz CT molecular complexity index is 279. The summed E-state index contributed by atoms with van der Waals surface area (Å²) in [5, 5.41) is 2.86. The van der Waals surface area contributed by atoms with Gasteiger partial charge in [0.1, 0.15) is 0 Å². The Kier molecular flexibility index (Phi) is 19.0. The van der Waals surface area contributed by atoms with E-state index in [0.29, 0.717) is 6.61 Å². The molecule has 0 aliphatic carbocycles. The van der Waals surface area contributed by atoms with Crippen molar-refractivity contribution < 1.29 is 9.53 Å². The van der Waals surface area contributed by atoms with Crippen LogP contribution in [0.3, 0.4) is 0 Å². The van der Waals surface area contributed by atoms with Gasteiger partial charge in [-0.1, -0.05) is 104 Å². The van der Waals surface area contributed by atoms with Crippen LogP contribution in [-0.2, 0) is 4.74 Å². The summed E-state index contributed by atoms with van der Waals surface area (Å²) in [4.78, 5) is 11.5. The number of ether oxygens (including phenoxy) is 1. The van der Waals surface area contributed by atoms with Crippen LogP contribution in [0.15, 0.2) is 0 Å². The highest BCUT2D eigenvalue weighted by molar-refractivity contribution is 5.66. The predicted molar refractivity (Wildman–Crippen MR) is 109 cm³/mol. The average Bonchev–Trinajstić information content (AvgIpc) is 2.58. The van der Waals surface area contributed by atoms with Crippen molar-refractivity contribution in [1.29, 1.82) is 0 Å². The zero-order chi connectivity index (χ0) is 18.6. The lowest BCUT2D eigenvalue weighted by Gasteiger charge is -2.07. The minimum Gasteiger partial charge on any atom is -0.450 e. The molecular formula is C22H45NO2. The van der Waals surface area contributed by atoms with Crippen LogP contribution < -0.4 is 5.32 Å². The van der Waals surface area contributed by atoms with Crippen LogP contribution in [0.5, 0.6) is 0 Å². The highest BCUT2D eigenvalue weighted by atomic mass is 16.5. The van der Waals surface area contributed by atoms with Crippen molar-refractivity contribution >= 4 is 6.09 Å². The standard InChI is InChI=1S/C22H45NO2/c1-4-5-6-7-14-17-20-25-22(24)23-19-16-13-11-9-8-10-12-15-18-21(2)3/h21H,4-20H2,1-3H3,(H,23,24). The fourth-order valence-corrected chi connectivity index (χ4v) is 3.03. The molecule has 1 amide bonds. The molecule has 0 saturated heterocycles. The van der Waals surface area contributed by atoms with Crippen molar-refractivity contribution in [3.8, 4) is 0 Å². The molecule has 3 nitrogen and oxygen atoms in total. The smallest absolute Gasteiger partial charge is 0.407 e. The van der Waals surface area contributed by atoms with E-state index in [-0.39, 0.29) is 6.09 Å². The molecule has 0 aliphatic heterocycles. The van der Waals surface area contributed by atoms with Crippen LogP contribution in [-0.4, -0.2) is 19.2 Å². The van der Waals surface area contributed by atoms with Crippen molar-refractivity contribution in [3.05, 3.63) is 0 Å². The quantitative estimate of drug-likeness (QED) is 0.263. The zero-order valence-corrected chi connectivity index (χ0v) is 17.4. The van der Waals surface area contributed by atoms with E-state index in [4.69, 9.17) is 4.74 Å².